The highest BCUT2D eigenvalue weighted by molar-refractivity contribution is 8.14. The van der Waals surface area contributed by atoms with Crippen molar-refractivity contribution < 1.29 is 12.8 Å². The number of nitrogens with zero attached hydrogens (tertiary/aromatic N) is 1. The Morgan fingerprint density at radius 2 is 2.09 bits per heavy atom. The number of sulfonamides is 1. The second kappa shape index (κ2) is 11.3. The molecule has 7 nitrogen and oxygen atoms in total. The molecule has 0 amide bonds. The molecule has 0 bridgehead atoms. The average molecular weight is 488 g/mol. The number of rotatable bonds is 9. The fraction of sp³-hybridized carbons (Fsp3) is 0.217. The minimum atomic E-state index is -4.30. The van der Waals surface area contributed by atoms with Crippen LogP contribution in [-0.2, 0) is 16.6 Å². The van der Waals surface area contributed by atoms with Gasteiger partial charge in [-0.1, -0.05) is 55.1 Å². The number of nitrogens with one attached hydrogen (secondary N) is 3. The first-order chi connectivity index (χ1) is 15.9. The summed E-state index contributed by atoms with van der Waals surface area (Å²) in [5, 5.41) is 13.8. The molecule has 0 saturated heterocycles. The number of halogens is 1. The van der Waals surface area contributed by atoms with Gasteiger partial charge < -0.3 is 21.8 Å². The summed E-state index contributed by atoms with van der Waals surface area (Å²) in [5.41, 5.74) is 9.12. The minimum Gasteiger partial charge on any atom is -0.380 e. The SMILES string of the molecule is CCC1=CNC(=NS(=O)(=O)c2cc(C=N)c(NCc3ccccc3C=CCN)cc2F)SC1. The average Bonchev–Trinajstić information content (AvgIpc) is 2.82. The van der Waals surface area contributed by atoms with Gasteiger partial charge in [0.1, 0.15) is 10.7 Å². The molecule has 2 aromatic carbocycles. The lowest BCUT2D eigenvalue weighted by molar-refractivity contribution is 0.568. The lowest BCUT2D eigenvalue weighted by Crippen LogP contribution is -2.21. The molecule has 5 N–H and O–H groups in total. The number of hydrogen-bond acceptors (Lipinski definition) is 6. The van der Waals surface area contributed by atoms with Crippen LogP contribution in [0.1, 0.15) is 30.0 Å². The summed E-state index contributed by atoms with van der Waals surface area (Å²) in [6.45, 7) is 2.77. The molecule has 3 rings (SSSR count). The van der Waals surface area contributed by atoms with Gasteiger partial charge in [-0.25, -0.2) is 4.39 Å². The standard InChI is InChI=1S/C23H26FN5O2S2/c1-2-16-13-28-23(32-15-16)29-33(30,31)22-10-19(12-26)21(11-20(22)24)27-14-18-7-4-3-6-17(18)8-5-9-25/h3-8,10-13,26-27H,2,9,14-15,25H2,1H3,(H,28,29). The van der Waals surface area contributed by atoms with E-state index in [4.69, 9.17) is 11.1 Å². The fourth-order valence-electron chi connectivity index (χ4n) is 3.11. The monoisotopic (exact) mass is 487 g/mol. The quantitative estimate of drug-likeness (QED) is 0.396. The second-order valence-corrected chi connectivity index (χ2v) is 9.70. The number of hydrogen-bond donors (Lipinski definition) is 4. The Labute approximate surface area is 197 Å². The summed E-state index contributed by atoms with van der Waals surface area (Å²) in [5.74, 6) is -0.314. The van der Waals surface area contributed by atoms with Crippen LogP contribution in [0.2, 0.25) is 0 Å². The molecule has 1 heterocycles. The zero-order valence-corrected chi connectivity index (χ0v) is 19.8. The molecule has 0 aliphatic carbocycles. The smallest absolute Gasteiger partial charge is 0.287 e. The Bertz CT molecular complexity index is 1220. The number of thioether (sulfide) groups is 1. The highest BCUT2D eigenvalue weighted by atomic mass is 32.2. The first kappa shape index (κ1) is 24.7. The van der Waals surface area contributed by atoms with E-state index in [0.717, 1.165) is 41.5 Å². The maximum Gasteiger partial charge on any atom is 0.287 e. The van der Waals surface area contributed by atoms with Crippen LogP contribution in [0.25, 0.3) is 6.08 Å². The predicted octanol–water partition coefficient (Wildman–Crippen LogP) is 4.08. The van der Waals surface area contributed by atoms with Crippen LogP contribution in [0.15, 0.2) is 63.5 Å². The normalized spacial score (nSPS) is 15.4. The molecular weight excluding hydrogens is 461 g/mol. The zero-order chi connectivity index (χ0) is 23.8. The maximum absolute atomic E-state index is 14.9. The van der Waals surface area contributed by atoms with Crippen molar-refractivity contribution in [1.82, 2.24) is 5.32 Å². The zero-order valence-electron chi connectivity index (χ0n) is 18.1. The lowest BCUT2D eigenvalue weighted by atomic mass is 10.1. The van der Waals surface area contributed by atoms with Gasteiger partial charge in [0.25, 0.3) is 10.0 Å². The molecule has 1 aliphatic heterocycles. The summed E-state index contributed by atoms with van der Waals surface area (Å²) in [6, 6.07) is 9.87. The van der Waals surface area contributed by atoms with Crippen molar-refractivity contribution in [2.45, 2.75) is 24.8 Å². The molecule has 0 radical (unpaired) electrons. The highest BCUT2D eigenvalue weighted by Gasteiger charge is 2.23. The Morgan fingerprint density at radius 1 is 1.30 bits per heavy atom. The van der Waals surface area contributed by atoms with Crippen LogP contribution in [0.5, 0.6) is 0 Å². The Kier molecular flexibility index (Phi) is 8.43. The largest absolute Gasteiger partial charge is 0.380 e. The van der Waals surface area contributed by atoms with Crippen LogP contribution in [-0.4, -0.2) is 32.1 Å². The van der Waals surface area contributed by atoms with Crippen molar-refractivity contribution in [1.29, 1.82) is 5.41 Å². The highest BCUT2D eigenvalue weighted by Crippen LogP contribution is 2.27. The van der Waals surface area contributed by atoms with Crippen LogP contribution in [0.4, 0.5) is 10.1 Å². The van der Waals surface area contributed by atoms with Gasteiger partial charge in [0.15, 0.2) is 5.17 Å². The molecule has 0 atom stereocenters. The topological polar surface area (TPSA) is 120 Å². The van der Waals surface area contributed by atoms with E-state index < -0.39 is 20.7 Å². The van der Waals surface area contributed by atoms with E-state index in [1.165, 1.54) is 11.8 Å². The maximum atomic E-state index is 14.9. The van der Waals surface area contributed by atoms with Crippen LogP contribution < -0.4 is 16.4 Å². The fourth-order valence-corrected chi connectivity index (χ4v) is 5.31. The molecule has 10 heteroatoms. The van der Waals surface area contributed by atoms with Gasteiger partial charge in [-0.05, 0) is 35.3 Å². The molecule has 0 saturated carbocycles. The van der Waals surface area contributed by atoms with Crippen molar-refractivity contribution in [2.24, 2.45) is 10.1 Å². The molecule has 0 unspecified atom stereocenters. The van der Waals surface area contributed by atoms with Crippen molar-refractivity contribution in [2.75, 3.05) is 17.6 Å². The Hall–Kier alpha value is -2.95. The number of anilines is 1. The van der Waals surface area contributed by atoms with E-state index in [0.29, 0.717) is 24.5 Å². The molecule has 33 heavy (non-hydrogen) atoms. The van der Waals surface area contributed by atoms with Crippen molar-refractivity contribution >= 4 is 44.9 Å². The molecule has 174 valence electrons. The van der Waals surface area contributed by atoms with Crippen LogP contribution in [0.3, 0.4) is 0 Å². The van der Waals surface area contributed by atoms with Gasteiger partial charge in [0.05, 0.1) is 0 Å². The summed E-state index contributed by atoms with van der Waals surface area (Å²) in [7, 11) is -4.30. The number of amidine groups is 1. The summed E-state index contributed by atoms with van der Waals surface area (Å²) in [4.78, 5) is -0.571. The first-order valence-electron chi connectivity index (χ1n) is 10.3. The number of nitrogens with two attached hydrogens (primary N) is 1. The third kappa shape index (κ3) is 6.31. The van der Waals surface area contributed by atoms with Gasteiger partial charge in [-0.3, -0.25) is 0 Å². The van der Waals surface area contributed by atoms with E-state index in [2.05, 4.69) is 15.0 Å². The van der Waals surface area contributed by atoms with Gasteiger partial charge in [-0.15, -0.1) is 4.40 Å². The predicted molar refractivity (Wildman–Crippen MR) is 135 cm³/mol. The van der Waals surface area contributed by atoms with Gasteiger partial charge in [0, 0.05) is 42.5 Å². The molecule has 0 spiro atoms. The van der Waals surface area contributed by atoms with E-state index in [1.54, 1.807) is 6.20 Å². The van der Waals surface area contributed by atoms with Crippen LogP contribution >= 0.6 is 11.8 Å². The molecular formula is C23H26FN5O2S2. The molecule has 0 aromatic heterocycles. The van der Waals surface area contributed by atoms with Crippen LogP contribution in [0, 0.1) is 11.2 Å². The van der Waals surface area contributed by atoms with E-state index in [-0.39, 0.29) is 10.7 Å². The Balaban J connectivity index is 1.85. The van der Waals surface area contributed by atoms with Gasteiger partial charge >= 0.3 is 0 Å². The summed E-state index contributed by atoms with van der Waals surface area (Å²) in [6.07, 6.45) is 7.29. The van der Waals surface area contributed by atoms with E-state index in [1.807, 2.05) is 43.3 Å². The van der Waals surface area contributed by atoms with Crippen molar-refractivity contribution in [3.05, 3.63) is 76.8 Å². The summed E-state index contributed by atoms with van der Waals surface area (Å²) < 4.78 is 44.1. The third-order valence-electron chi connectivity index (χ3n) is 4.95. The van der Waals surface area contributed by atoms with Gasteiger partial charge in [-0.2, -0.15) is 8.42 Å². The first-order valence-corrected chi connectivity index (χ1v) is 12.7. The third-order valence-corrected chi connectivity index (χ3v) is 7.35. The lowest BCUT2D eigenvalue weighted by Gasteiger charge is -2.15. The summed E-state index contributed by atoms with van der Waals surface area (Å²) >= 11 is 1.25. The molecule has 0 fully saturated rings. The van der Waals surface area contributed by atoms with Gasteiger partial charge in [0.2, 0.25) is 0 Å². The second-order valence-electron chi connectivity index (χ2n) is 7.17. The molecule has 1 aliphatic rings. The molecule has 2 aromatic rings. The van der Waals surface area contributed by atoms with E-state index >= 15 is 0 Å². The van der Waals surface area contributed by atoms with E-state index in [9.17, 15) is 12.8 Å². The van der Waals surface area contributed by atoms with Crippen molar-refractivity contribution in [3.63, 3.8) is 0 Å². The Morgan fingerprint density at radius 3 is 2.76 bits per heavy atom. The van der Waals surface area contributed by atoms with Crippen molar-refractivity contribution in [3.8, 4) is 0 Å². The minimum absolute atomic E-state index is 0.187. The number of benzene rings is 2.